The van der Waals surface area contributed by atoms with Gasteiger partial charge in [-0.05, 0) is 13.8 Å². The second kappa shape index (κ2) is 10.5. The van der Waals surface area contributed by atoms with Crippen molar-refractivity contribution in [2.45, 2.75) is 19.0 Å². The predicted octanol–water partition coefficient (Wildman–Crippen LogP) is 5.42. The van der Waals surface area contributed by atoms with Crippen molar-refractivity contribution in [3.8, 4) is 22.5 Å². The van der Waals surface area contributed by atoms with E-state index >= 15 is 0 Å². The lowest BCUT2D eigenvalue weighted by Gasteiger charge is -2.02. The Morgan fingerprint density at radius 1 is 1.03 bits per heavy atom. The van der Waals surface area contributed by atoms with Crippen LogP contribution in [0, 0.1) is 6.92 Å². The van der Waals surface area contributed by atoms with Crippen molar-refractivity contribution in [1.82, 2.24) is 15.0 Å². The summed E-state index contributed by atoms with van der Waals surface area (Å²) in [5.74, 6) is -0.522. The van der Waals surface area contributed by atoms with Gasteiger partial charge in [0.1, 0.15) is 4.88 Å². The number of hydrogen-bond acceptors (Lipinski definition) is 7. The van der Waals surface area contributed by atoms with Gasteiger partial charge in [-0.15, -0.1) is 0 Å². The fourth-order valence-corrected chi connectivity index (χ4v) is 4.71. The molecule has 0 fully saturated rings. The summed E-state index contributed by atoms with van der Waals surface area (Å²) in [5.41, 5.74) is 4.28. The molecule has 0 spiro atoms. The lowest BCUT2D eigenvalue weighted by atomic mass is 10.1. The number of ether oxygens (including phenoxy) is 1. The minimum absolute atomic E-state index is 0.142. The Bertz CT molecular complexity index is 1200. The number of nitrogens with one attached hydrogen (secondary N) is 2. The molecule has 0 aliphatic heterocycles. The maximum atomic E-state index is 12.5. The van der Waals surface area contributed by atoms with E-state index in [1.807, 2.05) is 60.7 Å². The number of H-pyrrole nitrogens is 1. The van der Waals surface area contributed by atoms with Crippen LogP contribution in [0.1, 0.15) is 22.3 Å². The van der Waals surface area contributed by atoms with E-state index < -0.39 is 5.97 Å². The number of carbonyl (C=O) groups is 2. The normalized spacial score (nSPS) is 10.7. The predicted molar refractivity (Wildman–Crippen MR) is 132 cm³/mol. The Morgan fingerprint density at radius 3 is 2.36 bits per heavy atom. The molecule has 0 aliphatic rings. The molecule has 0 aliphatic carbocycles. The molecule has 0 radical (unpaired) electrons. The third-order valence-corrected chi connectivity index (χ3v) is 6.56. The molecule has 4 rings (SSSR count). The number of esters is 1. The van der Waals surface area contributed by atoms with Gasteiger partial charge in [-0.1, -0.05) is 83.8 Å². The third kappa shape index (κ3) is 5.50. The number of anilines is 1. The van der Waals surface area contributed by atoms with Gasteiger partial charge in [0.05, 0.1) is 29.4 Å². The molecular weight excluding hydrogens is 456 g/mol. The van der Waals surface area contributed by atoms with Gasteiger partial charge >= 0.3 is 5.97 Å². The number of benzene rings is 2. The van der Waals surface area contributed by atoms with Crippen LogP contribution < -0.4 is 5.32 Å². The number of carbonyl (C=O) groups excluding carboxylic acids is 2. The van der Waals surface area contributed by atoms with E-state index in [9.17, 15) is 9.59 Å². The second-order valence-electron chi connectivity index (χ2n) is 6.99. The van der Waals surface area contributed by atoms with Crippen molar-refractivity contribution in [2.75, 3.05) is 17.7 Å². The van der Waals surface area contributed by atoms with E-state index in [1.165, 1.54) is 11.8 Å². The van der Waals surface area contributed by atoms with Gasteiger partial charge in [0.25, 0.3) is 0 Å². The van der Waals surface area contributed by atoms with E-state index in [0.717, 1.165) is 33.9 Å². The largest absolute Gasteiger partial charge is 0.462 e. The van der Waals surface area contributed by atoms with E-state index in [4.69, 9.17) is 9.72 Å². The molecule has 168 valence electrons. The number of aromatic nitrogens is 3. The smallest absolute Gasteiger partial charge is 0.350 e. The van der Waals surface area contributed by atoms with Crippen LogP contribution in [0.3, 0.4) is 0 Å². The summed E-state index contributed by atoms with van der Waals surface area (Å²) in [6, 6.07) is 19.9. The molecule has 0 saturated carbocycles. The van der Waals surface area contributed by atoms with Crippen molar-refractivity contribution in [2.24, 2.45) is 0 Å². The van der Waals surface area contributed by atoms with Gasteiger partial charge in [-0.2, -0.15) is 0 Å². The van der Waals surface area contributed by atoms with Gasteiger partial charge < -0.3 is 15.0 Å². The number of thiazole rings is 1. The summed E-state index contributed by atoms with van der Waals surface area (Å²) in [7, 11) is 0. The SMILES string of the molecule is CCOC(=O)c1sc(NC(=O)CSc2nc(-c3ccccc3)c(-c3ccccc3)[nH]2)nc1C. The lowest BCUT2D eigenvalue weighted by Crippen LogP contribution is -2.13. The maximum Gasteiger partial charge on any atom is 0.350 e. The molecule has 0 atom stereocenters. The molecular formula is C24H22N4O3S2. The Morgan fingerprint density at radius 2 is 1.70 bits per heavy atom. The minimum atomic E-state index is -0.431. The fourth-order valence-electron chi connectivity index (χ4n) is 3.16. The fraction of sp³-hybridized carbons (Fsp3) is 0.167. The number of nitrogens with zero attached hydrogens (tertiary/aromatic N) is 2. The van der Waals surface area contributed by atoms with Crippen molar-refractivity contribution in [3.63, 3.8) is 0 Å². The van der Waals surface area contributed by atoms with Crippen molar-refractivity contribution < 1.29 is 14.3 Å². The average Bonchev–Trinajstić information content (AvgIpc) is 3.42. The number of aromatic amines is 1. The average molecular weight is 479 g/mol. The zero-order valence-electron chi connectivity index (χ0n) is 18.1. The molecule has 1 amide bonds. The highest BCUT2D eigenvalue weighted by molar-refractivity contribution is 7.99. The number of thioether (sulfide) groups is 1. The topological polar surface area (TPSA) is 97.0 Å². The van der Waals surface area contributed by atoms with Crippen LogP contribution in [0.4, 0.5) is 5.13 Å². The number of amides is 1. The van der Waals surface area contributed by atoms with E-state index in [2.05, 4.69) is 15.3 Å². The first-order valence-corrected chi connectivity index (χ1v) is 12.1. The summed E-state index contributed by atoms with van der Waals surface area (Å²) in [6.45, 7) is 3.75. The summed E-state index contributed by atoms with van der Waals surface area (Å²) in [6.07, 6.45) is 0. The Labute approximate surface area is 199 Å². The quantitative estimate of drug-likeness (QED) is 0.259. The molecule has 9 heteroatoms. The molecule has 2 heterocycles. The highest BCUT2D eigenvalue weighted by Gasteiger charge is 2.19. The van der Waals surface area contributed by atoms with E-state index in [-0.39, 0.29) is 18.3 Å². The van der Waals surface area contributed by atoms with Crippen LogP contribution in [0.15, 0.2) is 65.8 Å². The third-order valence-electron chi connectivity index (χ3n) is 4.64. The van der Waals surface area contributed by atoms with Crippen LogP contribution in [0.5, 0.6) is 0 Å². The van der Waals surface area contributed by atoms with Crippen LogP contribution in [0.2, 0.25) is 0 Å². The van der Waals surface area contributed by atoms with Gasteiger partial charge in [0.15, 0.2) is 10.3 Å². The summed E-state index contributed by atoms with van der Waals surface area (Å²) < 4.78 is 5.02. The van der Waals surface area contributed by atoms with Gasteiger partial charge in [-0.3, -0.25) is 4.79 Å². The monoisotopic (exact) mass is 478 g/mol. The van der Waals surface area contributed by atoms with E-state index in [1.54, 1.807) is 13.8 Å². The standard InChI is InChI=1S/C24H22N4O3S2/c1-3-31-22(30)21-15(2)25-24(33-21)26-18(29)14-32-23-27-19(16-10-6-4-7-11-16)20(28-23)17-12-8-5-9-13-17/h4-13H,3,14H2,1-2H3,(H,27,28)(H,25,26,29). The highest BCUT2D eigenvalue weighted by Crippen LogP contribution is 2.32. The Kier molecular flexibility index (Phi) is 7.21. The summed E-state index contributed by atoms with van der Waals surface area (Å²) in [5, 5.41) is 3.77. The zero-order chi connectivity index (χ0) is 23.2. The minimum Gasteiger partial charge on any atom is -0.462 e. The first kappa shape index (κ1) is 22.8. The number of aryl methyl sites for hydroxylation is 1. The van der Waals surface area contributed by atoms with Crippen molar-refractivity contribution in [1.29, 1.82) is 0 Å². The lowest BCUT2D eigenvalue weighted by molar-refractivity contribution is -0.113. The molecule has 2 aromatic heterocycles. The summed E-state index contributed by atoms with van der Waals surface area (Å²) >= 11 is 2.41. The second-order valence-corrected chi connectivity index (χ2v) is 8.95. The molecule has 2 aromatic carbocycles. The zero-order valence-corrected chi connectivity index (χ0v) is 19.8. The molecule has 0 saturated heterocycles. The van der Waals surface area contributed by atoms with Crippen molar-refractivity contribution in [3.05, 3.63) is 71.2 Å². The van der Waals surface area contributed by atoms with Gasteiger partial charge in [-0.25, -0.2) is 14.8 Å². The molecule has 0 bridgehead atoms. The molecule has 0 unspecified atom stereocenters. The molecule has 4 aromatic rings. The summed E-state index contributed by atoms with van der Waals surface area (Å²) in [4.78, 5) is 37.2. The van der Waals surface area contributed by atoms with Crippen LogP contribution in [-0.2, 0) is 9.53 Å². The van der Waals surface area contributed by atoms with Crippen molar-refractivity contribution >= 4 is 40.1 Å². The number of rotatable bonds is 8. The van der Waals surface area contributed by atoms with Crippen LogP contribution in [0.25, 0.3) is 22.5 Å². The highest BCUT2D eigenvalue weighted by atomic mass is 32.2. The Hall–Kier alpha value is -3.43. The van der Waals surface area contributed by atoms with Crippen LogP contribution in [-0.4, -0.2) is 39.2 Å². The van der Waals surface area contributed by atoms with Gasteiger partial charge in [0.2, 0.25) is 5.91 Å². The first-order valence-electron chi connectivity index (χ1n) is 10.3. The van der Waals surface area contributed by atoms with E-state index in [0.29, 0.717) is 20.9 Å². The molecule has 33 heavy (non-hydrogen) atoms. The number of imidazole rings is 1. The van der Waals surface area contributed by atoms with Gasteiger partial charge in [0, 0.05) is 11.1 Å². The molecule has 7 nitrogen and oxygen atoms in total. The Balaban J connectivity index is 1.47. The maximum absolute atomic E-state index is 12.5. The van der Waals surface area contributed by atoms with Crippen LogP contribution >= 0.6 is 23.1 Å². The number of hydrogen-bond donors (Lipinski definition) is 2. The first-order chi connectivity index (χ1) is 16.0. The molecule has 2 N–H and O–H groups in total.